The van der Waals surface area contributed by atoms with Crippen LogP contribution < -0.4 is 14.8 Å². The van der Waals surface area contributed by atoms with E-state index in [1.165, 1.54) is 6.42 Å². The predicted octanol–water partition coefficient (Wildman–Crippen LogP) is 0.105. The van der Waals surface area contributed by atoms with Crippen LogP contribution in [-0.2, 0) is 10.2 Å². The van der Waals surface area contributed by atoms with Gasteiger partial charge in [-0.05, 0) is 25.8 Å². The van der Waals surface area contributed by atoms with Crippen LogP contribution in [-0.4, -0.2) is 33.6 Å². The van der Waals surface area contributed by atoms with Gasteiger partial charge < -0.3 is 5.32 Å². The highest BCUT2D eigenvalue weighted by Gasteiger charge is 2.24. The van der Waals surface area contributed by atoms with Crippen molar-refractivity contribution in [1.29, 1.82) is 0 Å². The highest BCUT2D eigenvalue weighted by atomic mass is 32.2. The van der Waals surface area contributed by atoms with Crippen LogP contribution in [0.5, 0.6) is 0 Å². The van der Waals surface area contributed by atoms with Crippen LogP contribution in [0.25, 0.3) is 0 Å². The van der Waals surface area contributed by atoms with E-state index < -0.39 is 10.2 Å². The maximum absolute atomic E-state index is 11.8. The van der Waals surface area contributed by atoms with Gasteiger partial charge in [0.25, 0.3) is 10.2 Å². The molecule has 94 valence electrons. The highest BCUT2D eigenvalue weighted by molar-refractivity contribution is 7.87. The zero-order valence-electron chi connectivity index (χ0n) is 9.54. The van der Waals surface area contributed by atoms with E-state index in [0.29, 0.717) is 0 Å². The molecule has 0 amide bonds. The average Bonchev–Trinajstić information content (AvgIpc) is 2.70. The number of rotatable bonds is 4. The summed E-state index contributed by atoms with van der Waals surface area (Å²) in [6.07, 6.45) is 6.34. The Kier molecular flexibility index (Phi) is 4.18. The molecule has 16 heavy (non-hydrogen) atoms. The van der Waals surface area contributed by atoms with Gasteiger partial charge >= 0.3 is 0 Å². The second-order valence-corrected chi connectivity index (χ2v) is 6.24. The largest absolute Gasteiger partial charge is 0.315 e. The van der Waals surface area contributed by atoms with Crippen molar-refractivity contribution in [2.75, 3.05) is 13.1 Å². The first kappa shape index (κ1) is 12.3. The Bertz CT molecular complexity index is 306. The third-order valence-electron chi connectivity index (χ3n) is 3.31. The molecule has 0 aromatic rings. The van der Waals surface area contributed by atoms with Crippen LogP contribution in [0.2, 0.25) is 0 Å². The van der Waals surface area contributed by atoms with E-state index in [-0.39, 0.29) is 12.1 Å². The Hall–Kier alpha value is -0.170. The highest BCUT2D eigenvalue weighted by Crippen LogP contribution is 2.17. The first-order valence-corrected chi connectivity index (χ1v) is 7.64. The quantitative estimate of drug-likeness (QED) is 0.660. The van der Waals surface area contributed by atoms with Gasteiger partial charge in [0.2, 0.25) is 0 Å². The number of hydrogen-bond acceptors (Lipinski definition) is 3. The molecular weight excluding hydrogens is 226 g/mol. The maximum Gasteiger partial charge on any atom is 0.277 e. The lowest BCUT2D eigenvalue weighted by Crippen LogP contribution is -2.47. The molecule has 1 saturated heterocycles. The lowest BCUT2D eigenvalue weighted by Gasteiger charge is -2.23. The number of nitrogens with one attached hydrogen (secondary N) is 3. The molecule has 2 fully saturated rings. The van der Waals surface area contributed by atoms with Crippen LogP contribution >= 0.6 is 0 Å². The first-order valence-electron chi connectivity index (χ1n) is 6.16. The van der Waals surface area contributed by atoms with Crippen LogP contribution in [0.1, 0.15) is 38.5 Å². The fourth-order valence-corrected chi connectivity index (χ4v) is 3.83. The van der Waals surface area contributed by atoms with Crippen LogP contribution in [0.4, 0.5) is 0 Å². The van der Waals surface area contributed by atoms with Crippen molar-refractivity contribution in [3.05, 3.63) is 0 Å². The Balaban J connectivity index is 1.81. The average molecular weight is 247 g/mol. The van der Waals surface area contributed by atoms with E-state index >= 15 is 0 Å². The smallest absolute Gasteiger partial charge is 0.277 e. The fourth-order valence-electron chi connectivity index (χ4n) is 2.45. The Labute approximate surface area is 97.6 Å². The van der Waals surface area contributed by atoms with E-state index in [2.05, 4.69) is 14.8 Å². The van der Waals surface area contributed by atoms with Crippen molar-refractivity contribution in [2.45, 2.75) is 50.6 Å². The standard InChI is InChI=1S/C10H21N3O2S/c14-16(15,13-10-6-7-11-8-10)12-9-4-2-1-3-5-9/h9-13H,1-8H2. The molecule has 2 aliphatic rings. The van der Waals surface area contributed by atoms with Gasteiger partial charge in [-0.3, -0.25) is 0 Å². The lowest BCUT2D eigenvalue weighted by atomic mass is 9.96. The van der Waals surface area contributed by atoms with Crippen molar-refractivity contribution in [1.82, 2.24) is 14.8 Å². The van der Waals surface area contributed by atoms with Crippen LogP contribution in [0, 0.1) is 0 Å². The summed E-state index contributed by atoms with van der Waals surface area (Å²) in [5.41, 5.74) is 0. The van der Waals surface area contributed by atoms with E-state index in [1.54, 1.807) is 0 Å². The zero-order valence-corrected chi connectivity index (χ0v) is 10.4. The van der Waals surface area contributed by atoms with Crippen LogP contribution in [0.15, 0.2) is 0 Å². The molecule has 1 aliphatic heterocycles. The van der Waals surface area contributed by atoms with Gasteiger partial charge in [-0.2, -0.15) is 17.9 Å². The third-order valence-corrected chi connectivity index (χ3v) is 4.60. The molecule has 0 bridgehead atoms. The van der Waals surface area contributed by atoms with E-state index in [0.717, 1.165) is 45.2 Å². The van der Waals surface area contributed by atoms with E-state index in [9.17, 15) is 8.42 Å². The predicted molar refractivity (Wildman–Crippen MR) is 63.3 cm³/mol. The van der Waals surface area contributed by atoms with Crippen molar-refractivity contribution >= 4 is 10.2 Å². The summed E-state index contributed by atoms with van der Waals surface area (Å²) in [5.74, 6) is 0. The topological polar surface area (TPSA) is 70.2 Å². The number of hydrogen-bond donors (Lipinski definition) is 3. The van der Waals surface area contributed by atoms with Crippen LogP contribution in [0.3, 0.4) is 0 Å². The molecule has 6 heteroatoms. The van der Waals surface area contributed by atoms with Gasteiger partial charge in [-0.15, -0.1) is 0 Å². The first-order chi connectivity index (χ1) is 7.66. The molecule has 1 aliphatic carbocycles. The van der Waals surface area contributed by atoms with E-state index in [1.807, 2.05) is 0 Å². The lowest BCUT2D eigenvalue weighted by molar-refractivity contribution is 0.408. The molecule has 3 N–H and O–H groups in total. The van der Waals surface area contributed by atoms with Gasteiger partial charge in [0.1, 0.15) is 0 Å². The molecule has 5 nitrogen and oxygen atoms in total. The molecule has 0 spiro atoms. The van der Waals surface area contributed by atoms with Gasteiger partial charge in [0, 0.05) is 18.6 Å². The second-order valence-electron chi connectivity index (χ2n) is 4.76. The van der Waals surface area contributed by atoms with Crippen molar-refractivity contribution in [3.8, 4) is 0 Å². The third kappa shape index (κ3) is 3.69. The normalized spacial score (nSPS) is 28.4. The maximum atomic E-state index is 11.8. The fraction of sp³-hybridized carbons (Fsp3) is 1.00. The van der Waals surface area contributed by atoms with Crippen molar-refractivity contribution in [3.63, 3.8) is 0 Å². The van der Waals surface area contributed by atoms with E-state index in [4.69, 9.17) is 0 Å². The molecule has 0 aromatic carbocycles. The van der Waals surface area contributed by atoms with Crippen molar-refractivity contribution in [2.24, 2.45) is 0 Å². The summed E-state index contributed by atoms with van der Waals surface area (Å²) in [4.78, 5) is 0. The minimum atomic E-state index is -3.30. The zero-order chi connectivity index (χ0) is 11.4. The van der Waals surface area contributed by atoms with Gasteiger partial charge in [0.15, 0.2) is 0 Å². The molecule has 0 aromatic heterocycles. The SMILES string of the molecule is O=S(=O)(NC1CCCCC1)NC1CCNC1. The summed E-state index contributed by atoms with van der Waals surface area (Å²) in [5, 5.41) is 3.14. The minimum absolute atomic E-state index is 0.0566. The molecule has 2 rings (SSSR count). The molecule has 1 unspecified atom stereocenters. The summed E-state index contributed by atoms with van der Waals surface area (Å²) >= 11 is 0. The molecule has 1 saturated carbocycles. The summed E-state index contributed by atoms with van der Waals surface area (Å²) in [6.45, 7) is 1.64. The molecular formula is C10H21N3O2S. The van der Waals surface area contributed by atoms with Gasteiger partial charge in [-0.1, -0.05) is 19.3 Å². The monoisotopic (exact) mass is 247 g/mol. The molecule has 1 atom stereocenters. The molecule has 1 heterocycles. The minimum Gasteiger partial charge on any atom is -0.315 e. The second kappa shape index (κ2) is 5.44. The van der Waals surface area contributed by atoms with Gasteiger partial charge in [-0.25, -0.2) is 0 Å². The summed E-state index contributed by atoms with van der Waals surface area (Å²) < 4.78 is 29.1. The Morgan fingerprint density at radius 1 is 0.938 bits per heavy atom. The van der Waals surface area contributed by atoms with Crippen molar-refractivity contribution < 1.29 is 8.42 Å². The summed E-state index contributed by atoms with van der Waals surface area (Å²) in [7, 11) is -3.30. The van der Waals surface area contributed by atoms with Gasteiger partial charge in [0.05, 0.1) is 0 Å². The molecule has 0 radical (unpaired) electrons. The Morgan fingerprint density at radius 2 is 1.62 bits per heavy atom. The Morgan fingerprint density at radius 3 is 2.25 bits per heavy atom. The summed E-state index contributed by atoms with van der Waals surface area (Å²) in [6, 6.07) is 0.196.